The van der Waals surface area contributed by atoms with Crippen LogP contribution in [0.2, 0.25) is 0 Å². The zero-order valence-electron chi connectivity index (χ0n) is 16.4. The van der Waals surface area contributed by atoms with Gasteiger partial charge in [0.15, 0.2) is 11.5 Å². The second kappa shape index (κ2) is 9.43. The molecule has 0 saturated carbocycles. The summed E-state index contributed by atoms with van der Waals surface area (Å²) in [6, 6.07) is 5.48. The van der Waals surface area contributed by atoms with E-state index in [0.29, 0.717) is 49.2 Å². The van der Waals surface area contributed by atoms with Crippen molar-refractivity contribution in [2.75, 3.05) is 46.4 Å². The Morgan fingerprint density at radius 2 is 2.07 bits per heavy atom. The summed E-state index contributed by atoms with van der Waals surface area (Å²) in [4.78, 5) is 12.4. The van der Waals surface area contributed by atoms with Crippen molar-refractivity contribution in [1.29, 1.82) is 0 Å². The van der Waals surface area contributed by atoms with Gasteiger partial charge in [-0.15, -0.1) is 0 Å². The zero-order valence-corrected chi connectivity index (χ0v) is 16.4. The van der Waals surface area contributed by atoms with E-state index in [4.69, 9.17) is 18.9 Å². The predicted molar refractivity (Wildman–Crippen MR) is 103 cm³/mol. The third kappa shape index (κ3) is 4.55. The lowest BCUT2D eigenvalue weighted by atomic mass is 10.1. The Bertz CT molecular complexity index is 802. The van der Waals surface area contributed by atoms with Crippen molar-refractivity contribution in [3.63, 3.8) is 0 Å². The Labute approximate surface area is 163 Å². The highest BCUT2D eigenvalue weighted by Gasteiger charge is 2.19. The number of morpholine rings is 1. The van der Waals surface area contributed by atoms with Gasteiger partial charge in [-0.1, -0.05) is 0 Å². The smallest absolute Gasteiger partial charge is 0.227 e. The second-order valence-corrected chi connectivity index (χ2v) is 6.35. The summed E-state index contributed by atoms with van der Waals surface area (Å²) in [6.07, 6.45) is 1.98. The first-order valence-electron chi connectivity index (χ1n) is 9.07. The number of benzene rings is 1. The van der Waals surface area contributed by atoms with Gasteiger partial charge >= 0.3 is 0 Å². The fourth-order valence-corrected chi connectivity index (χ4v) is 3.18. The molecule has 1 atom stereocenters. The maximum Gasteiger partial charge on any atom is 0.227 e. The Morgan fingerprint density at radius 3 is 2.75 bits per heavy atom. The molecule has 1 saturated heterocycles. The number of hydrogen-bond acceptors (Lipinski definition) is 7. The lowest BCUT2D eigenvalue weighted by Crippen LogP contribution is -2.43. The molecule has 1 aliphatic heterocycles. The van der Waals surface area contributed by atoms with Crippen LogP contribution >= 0.6 is 0 Å². The number of amides is 1. The molecule has 2 heterocycles. The summed E-state index contributed by atoms with van der Waals surface area (Å²) in [5.41, 5.74) is 0.849. The number of rotatable bonds is 8. The SMILES string of the molecule is COc1ccc(Cn2nccc2NC(=O)CC2COCCN2)c(OC)c1OC. The van der Waals surface area contributed by atoms with E-state index in [1.165, 1.54) is 0 Å². The molecule has 9 heteroatoms. The van der Waals surface area contributed by atoms with Gasteiger partial charge in [0.05, 0.1) is 47.3 Å². The highest BCUT2D eigenvalue weighted by Crippen LogP contribution is 2.40. The van der Waals surface area contributed by atoms with Crippen LogP contribution < -0.4 is 24.8 Å². The van der Waals surface area contributed by atoms with Gasteiger partial charge in [-0.05, 0) is 12.1 Å². The Morgan fingerprint density at radius 1 is 1.25 bits per heavy atom. The maximum atomic E-state index is 12.4. The fraction of sp³-hybridized carbons (Fsp3) is 0.474. The first kappa shape index (κ1) is 20.0. The molecule has 2 N–H and O–H groups in total. The number of nitrogens with zero attached hydrogens (tertiary/aromatic N) is 2. The minimum absolute atomic E-state index is 0.0241. The summed E-state index contributed by atoms with van der Waals surface area (Å²) in [6.45, 7) is 2.37. The number of ether oxygens (including phenoxy) is 4. The molecule has 1 aliphatic rings. The van der Waals surface area contributed by atoms with Gasteiger partial charge in [0.2, 0.25) is 11.7 Å². The molecule has 3 rings (SSSR count). The highest BCUT2D eigenvalue weighted by atomic mass is 16.5. The van der Waals surface area contributed by atoms with E-state index in [-0.39, 0.29) is 11.9 Å². The number of carbonyl (C=O) groups is 1. The van der Waals surface area contributed by atoms with Crippen LogP contribution in [0.5, 0.6) is 17.2 Å². The van der Waals surface area contributed by atoms with Crippen LogP contribution in [0.25, 0.3) is 0 Å². The lowest BCUT2D eigenvalue weighted by molar-refractivity contribution is -0.117. The molecule has 9 nitrogen and oxygen atoms in total. The van der Waals surface area contributed by atoms with Gasteiger partial charge in [-0.25, -0.2) is 4.68 Å². The predicted octanol–water partition coefficient (Wildman–Crippen LogP) is 1.27. The quantitative estimate of drug-likeness (QED) is 0.701. The molecular formula is C19H26N4O5. The molecule has 2 aromatic rings. The molecule has 1 unspecified atom stereocenters. The molecule has 1 fully saturated rings. The average molecular weight is 390 g/mol. The topological polar surface area (TPSA) is 95.9 Å². The first-order valence-corrected chi connectivity index (χ1v) is 9.07. The number of methoxy groups -OCH3 is 3. The highest BCUT2D eigenvalue weighted by molar-refractivity contribution is 5.90. The normalized spacial score (nSPS) is 16.5. The van der Waals surface area contributed by atoms with Crippen molar-refractivity contribution in [1.82, 2.24) is 15.1 Å². The second-order valence-electron chi connectivity index (χ2n) is 6.35. The molecule has 1 aromatic carbocycles. The van der Waals surface area contributed by atoms with Crippen molar-refractivity contribution in [2.45, 2.75) is 19.0 Å². The standard InChI is InChI=1S/C19H26N4O5/c1-25-15-5-4-13(18(26-2)19(15)27-3)11-23-16(6-7-21-23)22-17(24)10-14-12-28-9-8-20-14/h4-7,14,20H,8-12H2,1-3H3,(H,22,24). The number of aromatic nitrogens is 2. The van der Waals surface area contributed by atoms with E-state index in [1.807, 2.05) is 12.1 Å². The van der Waals surface area contributed by atoms with Crippen molar-refractivity contribution >= 4 is 11.7 Å². The van der Waals surface area contributed by atoms with E-state index in [2.05, 4.69) is 15.7 Å². The molecule has 0 radical (unpaired) electrons. The Kier molecular flexibility index (Phi) is 6.72. The minimum atomic E-state index is -0.0935. The minimum Gasteiger partial charge on any atom is -0.493 e. The molecule has 0 aliphatic carbocycles. The Balaban J connectivity index is 1.72. The average Bonchev–Trinajstić information content (AvgIpc) is 3.14. The summed E-state index contributed by atoms with van der Waals surface area (Å²) in [7, 11) is 4.71. The Hall–Kier alpha value is -2.78. The molecule has 152 valence electrons. The number of hydrogen-bond donors (Lipinski definition) is 2. The van der Waals surface area contributed by atoms with Crippen LogP contribution in [0.1, 0.15) is 12.0 Å². The molecule has 0 bridgehead atoms. The molecule has 28 heavy (non-hydrogen) atoms. The fourth-order valence-electron chi connectivity index (χ4n) is 3.18. The first-order chi connectivity index (χ1) is 13.7. The third-order valence-electron chi connectivity index (χ3n) is 4.52. The van der Waals surface area contributed by atoms with E-state index in [0.717, 1.165) is 12.1 Å². The van der Waals surface area contributed by atoms with E-state index >= 15 is 0 Å². The maximum absolute atomic E-state index is 12.4. The molecule has 1 aromatic heterocycles. The number of anilines is 1. The monoisotopic (exact) mass is 390 g/mol. The van der Waals surface area contributed by atoms with Gasteiger partial charge in [0.1, 0.15) is 5.82 Å². The van der Waals surface area contributed by atoms with Crippen LogP contribution in [0.3, 0.4) is 0 Å². The van der Waals surface area contributed by atoms with Crippen LogP contribution in [-0.2, 0) is 16.1 Å². The van der Waals surface area contributed by atoms with Gasteiger partial charge < -0.3 is 29.6 Å². The lowest BCUT2D eigenvalue weighted by Gasteiger charge is -2.23. The van der Waals surface area contributed by atoms with Crippen LogP contribution in [0, 0.1) is 0 Å². The number of nitrogens with one attached hydrogen (secondary N) is 2. The van der Waals surface area contributed by atoms with Crippen LogP contribution in [0.15, 0.2) is 24.4 Å². The largest absolute Gasteiger partial charge is 0.493 e. The van der Waals surface area contributed by atoms with Crippen molar-refractivity contribution in [2.24, 2.45) is 0 Å². The molecular weight excluding hydrogens is 364 g/mol. The van der Waals surface area contributed by atoms with E-state index in [1.54, 1.807) is 38.3 Å². The van der Waals surface area contributed by atoms with Crippen LogP contribution in [0.4, 0.5) is 5.82 Å². The van der Waals surface area contributed by atoms with Gasteiger partial charge in [0, 0.05) is 30.6 Å². The number of carbonyl (C=O) groups excluding carboxylic acids is 1. The van der Waals surface area contributed by atoms with Gasteiger partial charge in [-0.3, -0.25) is 4.79 Å². The van der Waals surface area contributed by atoms with E-state index in [9.17, 15) is 4.79 Å². The zero-order chi connectivity index (χ0) is 19.9. The summed E-state index contributed by atoms with van der Waals surface area (Å²) in [5.74, 6) is 2.18. The van der Waals surface area contributed by atoms with Crippen LogP contribution in [-0.4, -0.2) is 62.8 Å². The van der Waals surface area contributed by atoms with Crippen molar-refractivity contribution in [3.8, 4) is 17.2 Å². The molecule has 1 amide bonds. The summed E-state index contributed by atoms with van der Waals surface area (Å²) in [5, 5.41) is 10.5. The molecule has 0 spiro atoms. The van der Waals surface area contributed by atoms with Gasteiger partial charge in [-0.2, -0.15) is 5.10 Å². The third-order valence-corrected chi connectivity index (χ3v) is 4.52. The summed E-state index contributed by atoms with van der Waals surface area (Å²) >= 11 is 0. The van der Waals surface area contributed by atoms with Gasteiger partial charge in [0.25, 0.3) is 0 Å². The summed E-state index contributed by atoms with van der Waals surface area (Å²) < 4.78 is 23.4. The van der Waals surface area contributed by atoms with Crippen molar-refractivity contribution in [3.05, 3.63) is 30.0 Å². The van der Waals surface area contributed by atoms with E-state index < -0.39 is 0 Å². The van der Waals surface area contributed by atoms with Crippen molar-refractivity contribution < 1.29 is 23.7 Å².